The minimum absolute atomic E-state index is 0.0922. The molecule has 0 bridgehead atoms. The van der Waals surface area contributed by atoms with Gasteiger partial charge in [0.05, 0.1) is 0 Å². The van der Waals surface area contributed by atoms with Crippen LogP contribution in [0.4, 0.5) is 10.3 Å². The summed E-state index contributed by atoms with van der Waals surface area (Å²) in [5, 5.41) is 8.86. The van der Waals surface area contributed by atoms with Crippen LogP contribution >= 0.6 is 0 Å². The Labute approximate surface area is 109 Å². The van der Waals surface area contributed by atoms with Gasteiger partial charge in [-0.25, -0.2) is 19.2 Å². The van der Waals surface area contributed by atoms with Gasteiger partial charge in [-0.05, 0) is 12.1 Å². The van der Waals surface area contributed by atoms with E-state index in [2.05, 4.69) is 9.97 Å². The minimum atomic E-state index is -1.12. The Kier molecular flexibility index (Phi) is 3.70. The summed E-state index contributed by atoms with van der Waals surface area (Å²) in [6.45, 7) is 0.260. The number of nitrogens with zero attached hydrogens (tertiary/aromatic N) is 3. The number of hydrogen-bond donors (Lipinski definition) is 1. The topological polar surface area (TPSA) is 66.3 Å². The van der Waals surface area contributed by atoms with Crippen LogP contribution < -0.4 is 4.90 Å². The molecule has 6 heteroatoms. The number of carbonyl (C=O) groups is 1. The van der Waals surface area contributed by atoms with Crippen molar-refractivity contribution in [3.05, 3.63) is 53.6 Å². The van der Waals surface area contributed by atoms with Crippen molar-refractivity contribution in [2.75, 3.05) is 11.9 Å². The van der Waals surface area contributed by atoms with E-state index in [0.717, 1.165) is 0 Å². The number of benzene rings is 1. The molecule has 0 fully saturated rings. The van der Waals surface area contributed by atoms with E-state index in [9.17, 15) is 9.18 Å². The molecule has 2 aromatic rings. The molecule has 0 amide bonds. The number of anilines is 1. The van der Waals surface area contributed by atoms with Gasteiger partial charge in [0.2, 0.25) is 5.95 Å². The zero-order valence-corrected chi connectivity index (χ0v) is 10.2. The van der Waals surface area contributed by atoms with E-state index in [1.807, 2.05) is 0 Å². The van der Waals surface area contributed by atoms with Gasteiger partial charge in [0.25, 0.3) is 0 Å². The molecule has 0 aliphatic carbocycles. The third-order valence-electron chi connectivity index (χ3n) is 2.57. The number of halogens is 1. The van der Waals surface area contributed by atoms with Crippen LogP contribution in [0.5, 0.6) is 0 Å². The van der Waals surface area contributed by atoms with Crippen molar-refractivity contribution in [2.45, 2.75) is 6.54 Å². The van der Waals surface area contributed by atoms with Crippen LogP contribution in [-0.2, 0) is 6.54 Å². The Bertz CT molecular complexity index is 604. The lowest BCUT2D eigenvalue weighted by atomic mass is 10.2. The maximum absolute atomic E-state index is 13.5. The van der Waals surface area contributed by atoms with Crippen LogP contribution in [-0.4, -0.2) is 28.1 Å². The molecule has 0 radical (unpaired) electrons. The molecule has 0 saturated heterocycles. The van der Waals surface area contributed by atoms with Crippen molar-refractivity contribution < 1.29 is 14.3 Å². The Morgan fingerprint density at radius 1 is 1.37 bits per heavy atom. The fourth-order valence-corrected chi connectivity index (χ4v) is 1.60. The number of carboxylic acids is 1. The normalized spacial score (nSPS) is 10.2. The van der Waals surface area contributed by atoms with Crippen molar-refractivity contribution in [1.29, 1.82) is 0 Å². The molecule has 1 N–H and O–H groups in total. The molecule has 2 rings (SSSR count). The predicted molar refractivity (Wildman–Crippen MR) is 67.5 cm³/mol. The van der Waals surface area contributed by atoms with Gasteiger partial charge in [-0.2, -0.15) is 0 Å². The molecule has 0 saturated carbocycles. The molecule has 1 aromatic carbocycles. The molecule has 0 spiro atoms. The zero-order chi connectivity index (χ0) is 13.8. The maximum Gasteiger partial charge on any atom is 0.354 e. The predicted octanol–water partition coefficient (Wildman–Crippen LogP) is 1.95. The van der Waals surface area contributed by atoms with Gasteiger partial charge >= 0.3 is 5.97 Å². The summed E-state index contributed by atoms with van der Waals surface area (Å²) in [6.07, 6.45) is 1.36. The monoisotopic (exact) mass is 261 g/mol. The van der Waals surface area contributed by atoms with Crippen molar-refractivity contribution in [1.82, 2.24) is 9.97 Å². The first kappa shape index (κ1) is 12.9. The first-order valence-electron chi connectivity index (χ1n) is 5.59. The maximum atomic E-state index is 13.5. The Hall–Kier alpha value is -2.50. The van der Waals surface area contributed by atoms with Gasteiger partial charge in [0, 0.05) is 25.4 Å². The SMILES string of the molecule is CN(Cc1ccccc1F)c1nccc(C(=O)O)n1. The fourth-order valence-electron chi connectivity index (χ4n) is 1.60. The Balaban J connectivity index is 2.20. The lowest BCUT2D eigenvalue weighted by Crippen LogP contribution is -2.20. The van der Waals surface area contributed by atoms with E-state index >= 15 is 0 Å². The van der Waals surface area contributed by atoms with Gasteiger partial charge in [-0.1, -0.05) is 18.2 Å². The molecule has 1 aromatic heterocycles. The number of carboxylic acid groups (broad SMARTS) is 1. The van der Waals surface area contributed by atoms with Crippen molar-refractivity contribution in [3.8, 4) is 0 Å². The lowest BCUT2D eigenvalue weighted by molar-refractivity contribution is 0.0690. The van der Waals surface area contributed by atoms with Crippen LogP contribution in [0, 0.1) is 5.82 Å². The number of rotatable bonds is 4. The largest absolute Gasteiger partial charge is 0.477 e. The number of aromatic carboxylic acids is 1. The summed E-state index contributed by atoms with van der Waals surface area (Å²) < 4.78 is 13.5. The third-order valence-corrected chi connectivity index (χ3v) is 2.57. The highest BCUT2D eigenvalue weighted by Gasteiger charge is 2.11. The summed E-state index contributed by atoms with van der Waals surface area (Å²) in [6, 6.07) is 7.69. The molecular formula is C13H12FN3O2. The second-order valence-electron chi connectivity index (χ2n) is 3.99. The summed E-state index contributed by atoms with van der Waals surface area (Å²) in [4.78, 5) is 20.3. The van der Waals surface area contributed by atoms with Gasteiger partial charge in [-0.3, -0.25) is 0 Å². The van der Waals surface area contributed by atoms with E-state index in [1.54, 1.807) is 30.1 Å². The minimum Gasteiger partial charge on any atom is -0.477 e. The zero-order valence-electron chi connectivity index (χ0n) is 10.2. The van der Waals surface area contributed by atoms with Crippen molar-refractivity contribution in [2.24, 2.45) is 0 Å². The molecule has 1 heterocycles. The van der Waals surface area contributed by atoms with Crippen LogP contribution in [0.15, 0.2) is 36.5 Å². The molecule has 0 aliphatic rings. The second kappa shape index (κ2) is 5.43. The highest BCUT2D eigenvalue weighted by atomic mass is 19.1. The van der Waals surface area contributed by atoms with E-state index < -0.39 is 5.97 Å². The first-order chi connectivity index (χ1) is 9.08. The molecule has 5 nitrogen and oxygen atoms in total. The summed E-state index contributed by atoms with van der Waals surface area (Å²) in [5.74, 6) is -1.20. The highest BCUT2D eigenvalue weighted by molar-refractivity contribution is 5.85. The first-order valence-corrected chi connectivity index (χ1v) is 5.59. The molecular weight excluding hydrogens is 249 g/mol. The molecule has 0 unspecified atom stereocenters. The summed E-state index contributed by atoms with van der Waals surface area (Å²) in [5.41, 5.74) is 0.403. The van der Waals surface area contributed by atoms with E-state index in [0.29, 0.717) is 5.56 Å². The highest BCUT2D eigenvalue weighted by Crippen LogP contribution is 2.13. The van der Waals surface area contributed by atoms with Gasteiger partial charge < -0.3 is 10.0 Å². The number of aromatic nitrogens is 2. The van der Waals surface area contributed by atoms with Crippen LogP contribution in [0.3, 0.4) is 0 Å². The fraction of sp³-hybridized carbons (Fsp3) is 0.154. The van der Waals surface area contributed by atoms with E-state index in [1.165, 1.54) is 18.3 Å². The van der Waals surface area contributed by atoms with E-state index in [4.69, 9.17) is 5.11 Å². The standard InChI is InChI=1S/C13H12FN3O2/c1-17(8-9-4-2-3-5-10(9)14)13-15-7-6-11(16-13)12(18)19/h2-7H,8H2,1H3,(H,18,19). The third kappa shape index (κ3) is 3.04. The summed E-state index contributed by atoms with van der Waals surface area (Å²) in [7, 11) is 1.67. The van der Waals surface area contributed by atoms with Crippen LogP contribution in [0.25, 0.3) is 0 Å². The average Bonchev–Trinajstić information content (AvgIpc) is 2.41. The van der Waals surface area contributed by atoms with Gasteiger partial charge in [0.15, 0.2) is 5.69 Å². The van der Waals surface area contributed by atoms with Gasteiger partial charge in [-0.15, -0.1) is 0 Å². The van der Waals surface area contributed by atoms with Crippen LogP contribution in [0.1, 0.15) is 16.1 Å². The quantitative estimate of drug-likeness (QED) is 0.911. The molecule has 98 valence electrons. The van der Waals surface area contributed by atoms with Crippen molar-refractivity contribution >= 4 is 11.9 Å². The smallest absolute Gasteiger partial charge is 0.354 e. The molecule has 0 aliphatic heterocycles. The van der Waals surface area contributed by atoms with Gasteiger partial charge in [0.1, 0.15) is 5.82 Å². The average molecular weight is 261 g/mol. The van der Waals surface area contributed by atoms with E-state index in [-0.39, 0.29) is 24.0 Å². The molecule has 0 atom stereocenters. The number of hydrogen-bond acceptors (Lipinski definition) is 4. The lowest BCUT2D eigenvalue weighted by Gasteiger charge is -2.17. The van der Waals surface area contributed by atoms with Crippen molar-refractivity contribution in [3.63, 3.8) is 0 Å². The Morgan fingerprint density at radius 3 is 2.79 bits per heavy atom. The summed E-state index contributed by atoms with van der Waals surface area (Å²) >= 11 is 0. The Morgan fingerprint density at radius 2 is 2.11 bits per heavy atom. The molecule has 19 heavy (non-hydrogen) atoms. The second-order valence-corrected chi connectivity index (χ2v) is 3.99. The van der Waals surface area contributed by atoms with Crippen LogP contribution in [0.2, 0.25) is 0 Å².